The molecule has 5 nitrogen and oxygen atoms in total. The summed E-state index contributed by atoms with van der Waals surface area (Å²) in [6.45, 7) is 0.204. The van der Waals surface area contributed by atoms with Crippen LogP contribution in [0.4, 0.5) is 0 Å². The van der Waals surface area contributed by atoms with Crippen LogP contribution in [0.15, 0.2) is 18.2 Å². The molecule has 1 aromatic carbocycles. The first-order valence-electron chi connectivity index (χ1n) is 4.38. The third kappa shape index (κ3) is 1.13. The Morgan fingerprint density at radius 2 is 2.00 bits per heavy atom. The quantitative estimate of drug-likeness (QED) is 0.723. The van der Waals surface area contributed by atoms with Gasteiger partial charge in [-0.15, -0.1) is 0 Å². The molecule has 5 heteroatoms. The highest BCUT2D eigenvalue weighted by Crippen LogP contribution is 2.35. The molecule has 0 bridgehead atoms. The lowest BCUT2D eigenvalue weighted by Crippen LogP contribution is -2.22. The Kier molecular flexibility index (Phi) is 1.45. The summed E-state index contributed by atoms with van der Waals surface area (Å²) in [6, 6.07) is 4.96. The average Bonchev–Trinajstić information content (AvgIpc) is 2.77. The topological polar surface area (TPSA) is 74.4 Å². The van der Waals surface area contributed by atoms with Crippen molar-refractivity contribution >= 4 is 16.9 Å². The molecule has 0 saturated heterocycles. The van der Waals surface area contributed by atoms with Crippen LogP contribution < -0.4 is 14.6 Å². The van der Waals surface area contributed by atoms with E-state index in [1.54, 1.807) is 12.1 Å². The molecule has 0 spiro atoms. The molecular weight excluding hydrogens is 198 g/mol. The Morgan fingerprint density at radius 1 is 1.27 bits per heavy atom. The molecular formula is C10H6NO4-. The van der Waals surface area contributed by atoms with Gasteiger partial charge in [-0.1, -0.05) is 0 Å². The van der Waals surface area contributed by atoms with Gasteiger partial charge in [0.25, 0.3) is 0 Å². The van der Waals surface area contributed by atoms with Crippen LogP contribution in [0, 0.1) is 0 Å². The smallest absolute Gasteiger partial charge is 0.231 e. The molecule has 76 valence electrons. The molecule has 3 rings (SSSR count). The SMILES string of the molecule is O=C([O-])c1cc2cc3c(cc2[nH]1)OCO3. The molecule has 0 atom stereocenters. The van der Waals surface area contributed by atoms with Gasteiger partial charge in [0.1, 0.15) is 0 Å². The van der Waals surface area contributed by atoms with Crippen LogP contribution in [0.1, 0.15) is 10.5 Å². The van der Waals surface area contributed by atoms with Gasteiger partial charge in [-0.2, -0.15) is 0 Å². The van der Waals surface area contributed by atoms with Crippen molar-refractivity contribution in [3.63, 3.8) is 0 Å². The molecule has 1 aliphatic rings. The first kappa shape index (κ1) is 8.16. The molecule has 1 N–H and O–H groups in total. The van der Waals surface area contributed by atoms with Crippen LogP contribution in [0.25, 0.3) is 10.9 Å². The van der Waals surface area contributed by atoms with Crippen LogP contribution in [0.3, 0.4) is 0 Å². The van der Waals surface area contributed by atoms with E-state index in [0.717, 1.165) is 5.39 Å². The molecule has 0 amide bonds. The average molecular weight is 204 g/mol. The number of fused-ring (bicyclic) bond motifs is 2. The van der Waals surface area contributed by atoms with E-state index in [2.05, 4.69) is 4.98 Å². The highest BCUT2D eigenvalue weighted by Gasteiger charge is 2.15. The number of carboxylic acids is 1. The fraction of sp³-hybridized carbons (Fsp3) is 0.100. The highest BCUT2D eigenvalue weighted by atomic mass is 16.7. The number of H-pyrrole nitrogens is 1. The van der Waals surface area contributed by atoms with Crippen LogP contribution in [-0.4, -0.2) is 17.7 Å². The fourth-order valence-electron chi connectivity index (χ4n) is 1.63. The summed E-state index contributed by atoms with van der Waals surface area (Å²) in [5.41, 5.74) is 0.743. The molecule has 2 heterocycles. The number of aromatic amines is 1. The zero-order chi connectivity index (χ0) is 10.4. The fourth-order valence-corrected chi connectivity index (χ4v) is 1.63. The van der Waals surface area contributed by atoms with Crippen molar-refractivity contribution in [1.29, 1.82) is 0 Å². The predicted molar refractivity (Wildman–Crippen MR) is 48.8 cm³/mol. The minimum Gasteiger partial charge on any atom is -0.543 e. The van der Waals surface area contributed by atoms with Crippen LogP contribution in [0.2, 0.25) is 0 Å². The maximum atomic E-state index is 10.6. The maximum absolute atomic E-state index is 10.6. The van der Waals surface area contributed by atoms with Gasteiger partial charge in [0.2, 0.25) is 6.79 Å². The van der Waals surface area contributed by atoms with E-state index in [4.69, 9.17) is 9.47 Å². The van der Waals surface area contributed by atoms with E-state index >= 15 is 0 Å². The zero-order valence-electron chi connectivity index (χ0n) is 7.57. The summed E-state index contributed by atoms with van der Waals surface area (Å²) >= 11 is 0. The molecule has 15 heavy (non-hydrogen) atoms. The van der Waals surface area contributed by atoms with Gasteiger partial charge in [-0.3, -0.25) is 0 Å². The molecule has 0 aliphatic carbocycles. The number of hydrogen-bond donors (Lipinski definition) is 1. The summed E-state index contributed by atoms with van der Waals surface area (Å²) < 4.78 is 10.3. The molecule has 1 aromatic heterocycles. The normalized spacial score (nSPS) is 13.3. The van der Waals surface area contributed by atoms with Crippen molar-refractivity contribution in [1.82, 2.24) is 4.98 Å². The Hall–Kier alpha value is -2.17. The number of hydrogen-bond acceptors (Lipinski definition) is 4. The number of rotatable bonds is 1. The first-order valence-corrected chi connectivity index (χ1v) is 4.38. The Bertz CT molecular complexity index is 517. The van der Waals surface area contributed by atoms with E-state index in [9.17, 15) is 9.90 Å². The van der Waals surface area contributed by atoms with Crippen molar-refractivity contribution < 1.29 is 19.4 Å². The highest BCUT2D eigenvalue weighted by molar-refractivity contribution is 5.94. The summed E-state index contributed by atoms with van der Waals surface area (Å²) in [6.07, 6.45) is 0. The van der Waals surface area contributed by atoms with Gasteiger partial charge >= 0.3 is 0 Å². The van der Waals surface area contributed by atoms with Crippen LogP contribution in [0.5, 0.6) is 11.5 Å². The van der Waals surface area contributed by atoms with Crippen molar-refractivity contribution in [2.45, 2.75) is 0 Å². The summed E-state index contributed by atoms with van der Waals surface area (Å²) in [4.78, 5) is 13.3. The van der Waals surface area contributed by atoms with Crippen molar-refractivity contribution in [3.8, 4) is 11.5 Å². The number of carbonyl (C=O) groups is 1. The second kappa shape index (κ2) is 2.66. The summed E-state index contributed by atoms with van der Waals surface area (Å²) in [5.74, 6) is 0.0221. The minimum absolute atomic E-state index is 0.0497. The third-order valence-corrected chi connectivity index (χ3v) is 2.33. The van der Waals surface area contributed by atoms with Crippen LogP contribution >= 0.6 is 0 Å². The van der Waals surface area contributed by atoms with Crippen molar-refractivity contribution in [3.05, 3.63) is 23.9 Å². The minimum atomic E-state index is -1.23. The third-order valence-electron chi connectivity index (χ3n) is 2.33. The lowest BCUT2D eigenvalue weighted by Gasteiger charge is -1.95. The second-order valence-corrected chi connectivity index (χ2v) is 3.26. The number of ether oxygens (including phenoxy) is 2. The van der Waals surface area contributed by atoms with Gasteiger partial charge in [0, 0.05) is 17.0 Å². The van der Waals surface area contributed by atoms with Crippen molar-refractivity contribution in [2.24, 2.45) is 0 Å². The lowest BCUT2D eigenvalue weighted by molar-refractivity contribution is -0.255. The Balaban J connectivity index is 2.24. The number of carboxylic acid groups (broad SMARTS) is 1. The van der Waals surface area contributed by atoms with E-state index in [1.807, 2.05) is 0 Å². The number of nitrogens with one attached hydrogen (secondary N) is 1. The predicted octanol–water partition coefficient (Wildman–Crippen LogP) is 0.260. The second-order valence-electron chi connectivity index (χ2n) is 3.26. The van der Waals surface area contributed by atoms with Gasteiger partial charge in [0.05, 0.1) is 11.7 Å². The van der Waals surface area contributed by atoms with Gasteiger partial charge in [0.15, 0.2) is 11.5 Å². The Labute approximate surface area is 84.2 Å². The molecule has 0 radical (unpaired) electrons. The molecule has 0 saturated carbocycles. The van der Waals surface area contributed by atoms with E-state index in [1.165, 1.54) is 6.07 Å². The number of aromatic nitrogens is 1. The lowest BCUT2D eigenvalue weighted by atomic mass is 10.2. The largest absolute Gasteiger partial charge is 0.543 e. The first-order chi connectivity index (χ1) is 7.24. The van der Waals surface area contributed by atoms with Crippen LogP contribution in [-0.2, 0) is 0 Å². The van der Waals surface area contributed by atoms with Gasteiger partial charge in [-0.05, 0) is 12.1 Å². The van der Waals surface area contributed by atoms with E-state index < -0.39 is 5.97 Å². The maximum Gasteiger partial charge on any atom is 0.231 e. The standard InChI is InChI=1S/C10H7NO4/c12-10(13)7-1-5-2-8-9(15-4-14-8)3-6(5)11-7/h1-3,11H,4H2,(H,12,13)/p-1. The number of carbonyl (C=O) groups excluding carboxylic acids is 1. The summed E-state index contributed by atoms with van der Waals surface area (Å²) in [5, 5.41) is 11.4. The van der Waals surface area contributed by atoms with E-state index in [0.29, 0.717) is 17.0 Å². The number of aromatic carboxylic acids is 1. The molecule has 1 aliphatic heterocycles. The van der Waals surface area contributed by atoms with Gasteiger partial charge < -0.3 is 24.4 Å². The van der Waals surface area contributed by atoms with E-state index in [-0.39, 0.29) is 12.5 Å². The van der Waals surface area contributed by atoms with Crippen molar-refractivity contribution in [2.75, 3.05) is 6.79 Å². The molecule has 2 aromatic rings. The molecule has 0 unspecified atom stereocenters. The number of benzene rings is 1. The zero-order valence-corrected chi connectivity index (χ0v) is 7.57. The van der Waals surface area contributed by atoms with Gasteiger partial charge in [-0.25, -0.2) is 0 Å². The summed E-state index contributed by atoms with van der Waals surface area (Å²) in [7, 11) is 0. The molecule has 0 fully saturated rings. The Morgan fingerprint density at radius 3 is 2.73 bits per heavy atom. The monoisotopic (exact) mass is 204 g/mol.